The number of hydrogen-bond acceptors (Lipinski definition) is 3. The molecule has 0 radical (unpaired) electrons. The Morgan fingerprint density at radius 1 is 1.27 bits per heavy atom. The Kier molecular flexibility index (Phi) is 3.68. The highest BCUT2D eigenvalue weighted by Crippen LogP contribution is 2.16. The number of benzene rings is 1. The number of hydrogen-bond donors (Lipinski definition) is 2. The van der Waals surface area contributed by atoms with E-state index in [1.165, 1.54) is 0 Å². The lowest BCUT2D eigenvalue weighted by molar-refractivity contribution is -0.123. The zero-order valence-corrected chi connectivity index (χ0v) is 8.94. The lowest BCUT2D eigenvalue weighted by atomic mass is 10.1. The topological polar surface area (TPSA) is 78.3 Å². The van der Waals surface area contributed by atoms with Crippen LogP contribution in [0.2, 0.25) is 0 Å². The molecule has 4 heteroatoms. The monoisotopic (exact) mass is 208 g/mol. The molecule has 0 fully saturated rings. The minimum absolute atomic E-state index is 0.00684. The molecule has 1 aromatic rings. The zero-order valence-electron chi connectivity index (χ0n) is 8.94. The van der Waals surface area contributed by atoms with Gasteiger partial charge in [-0.25, -0.2) is 0 Å². The number of ether oxygens (including phenoxy) is 1. The summed E-state index contributed by atoms with van der Waals surface area (Å²) in [5, 5.41) is 0. The summed E-state index contributed by atoms with van der Waals surface area (Å²) < 4.78 is 5.30. The molecule has 0 saturated heterocycles. The SMILES string of the molecule is CC(Oc1ccc([C@@H](C)N)cc1)C(N)=O. The van der Waals surface area contributed by atoms with E-state index in [1.54, 1.807) is 19.1 Å². The molecule has 1 amide bonds. The summed E-state index contributed by atoms with van der Waals surface area (Å²) in [6.07, 6.45) is -0.619. The Morgan fingerprint density at radius 3 is 2.20 bits per heavy atom. The van der Waals surface area contributed by atoms with Gasteiger partial charge in [0.2, 0.25) is 0 Å². The molecule has 0 aliphatic rings. The molecule has 4 N–H and O–H groups in total. The fourth-order valence-corrected chi connectivity index (χ4v) is 1.11. The van der Waals surface area contributed by atoms with Gasteiger partial charge in [0.05, 0.1) is 0 Å². The minimum atomic E-state index is -0.619. The third-order valence-corrected chi connectivity index (χ3v) is 2.12. The van der Waals surface area contributed by atoms with Gasteiger partial charge < -0.3 is 16.2 Å². The fourth-order valence-electron chi connectivity index (χ4n) is 1.11. The second kappa shape index (κ2) is 4.79. The Hall–Kier alpha value is -1.55. The first kappa shape index (κ1) is 11.5. The summed E-state index contributed by atoms with van der Waals surface area (Å²) in [7, 11) is 0. The van der Waals surface area contributed by atoms with Gasteiger partial charge in [-0.3, -0.25) is 4.79 Å². The van der Waals surface area contributed by atoms with Crippen molar-refractivity contribution in [2.75, 3.05) is 0 Å². The van der Waals surface area contributed by atoms with E-state index >= 15 is 0 Å². The Morgan fingerprint density at radius 2 is 1.80 bits per heavy atom. The van der Waals surface area contributed by atoms with E-state index in [1.807, 2.05) is 19.1 Å². The number of amides is 1. The molecule has 0 aliphatic carbocycles. The number of primary amides is 1. The molecule has 0 heterocycles. The van der Waals surface area contributed by atoms with Gasteiger partial charge in [0.25, 0.3) is 5.91 Å². The molecule has 4 nitrogen and oxygen atoms in total. The van der Waals surface area contributed by atoms with Crippen LogP contribution < -0.4 is 16.2 Å². The Balaban J connectivity index is 2.68. The summed E-state index contributed by atoms with van der Waals surface area (Å²) in [4.78, 5) is 10.8. The van der Waals surface area contributed by atoms with Crippen molar-refractivity contribution in [2.45, 2.75) is 26.0 Å². The first-order chi connectivity index (χ1) is 7.00. The molecule has 0 bridgehead atoms. The van der Waals surface area contributed by atoms with Gasteiger partial charge in [0.15, 0.2) is 6.10 Å². The first-order valence-electron chi connectivity index (χ1n) is 4.82. The summed E-state index contributed by atoms with van der Waals surface area (Å²) in [6.45, 7) is 3.52. The summed E-state index contributed by atoms with van der Waals surface area (Å²) in [5.41, 5.74) is 11.8. The lowest BCUT2D eigenvalue weighted by Crippen LogP contribution is -2.30. The van der Waals surface area contributed by atoms with Gasteiger partial charge in [-0.1, -0.05) is 12.1 Å². The van der Waals surface area contributed by atoms with Crippen molar-refractivity contribution in [2.24, 2.45) is 11.5 Å². The van der Waals surface area contributed by atoms with E-state index in [0.717, 1.165) is 5.56 Å². The standard InChI is InChI=1S/C11H16N2O2/c1-7(12)9-3-5-10(6-4-9)15-8(2)11(13)14/h3-8H,12H2,1-2H3,(H2,13,14)/t7-,8?/m1/s1. The van der Waals surface area contributed by atoms with Crippen molar-refractivity contribution in [3.05, 3.63) is 29.8 Å². The molecular formula is C11H16N2O2. The van der Waals surface area contributed by atoms with Crippen LogP contribution in [0.4, 0.5) is 0 Å². The van der Waals surface area contributed by atoms with Gasteiger partial charge in [-0.15, -0.1) is 0 Å². The normalized spacial score (nSPS) is 14.3. The molecule has 0 spiro atoms. The van der Waals surface area contributed by atoms with Crippen molar-refractivity contribution in [1.82, 2.24) is 0 Å². The first-order valence-corrected chi connectivity index (χ1v) is 4.82. The van der Waals surface area contributed by atoms with E-state index in [0.29, 0.717) is 5.75 Å². The van der Waals surface area contributed by atoms with Crippen molar-refractivity contribution in [3.63, 3.8) is 0 Å². The maximum Gasteiger partial charge on any atom is 0.258 e. The van der Waals surface area contributed by atoms with Gasteiger partial charge in [0.1, 0.15) is 5.75 Å². The van der Waals surface area contributed by atoms with Gasteiger partial charge in [-0.05, 0) is 31.5 Å². The van der Waals surface area contributed by atoms with Crippen LogP contribution in [0, 0.1) is 0 Å². The Labute approximate surface area is 89.2 Å². The number of carbonyl (C=O) groups is 1. The summed E-state index contributed by atoms with van der Waals surface area (Å²) in [5.74, 6) is 0.136. The second-order valence-electron chi connectivity index (χ2n) is 3.52. The van der Waals surface area contributed by atoms with E-state index < -0.39 is 12.0 Å². The highest BCUT2D eigenvalue weighted by molar-refractivity contribution is 5.78. The molecule has 15 heavy (non-hydrogen) atoms. The van der Waals surface area contributed by atoms with Crippen LogP contribution >= 0.6 is 0 Å². The smallest absolute Gasteiger partial charge is 0.258 e. The van der Waals surface area contributed by atoms with Gasteiger partial charge in [-0.2, -0.15) is 0 Å². The molecule has 0 aliphatic heterocycles. The predicted molar refractivity (Wildman–Crippen MR) is 58.3 cm³/mol. The van der Waals surface area contributed by atoms with E-state index in [2.05, 4.69) is 0 Å². The van der Waals surface area contributed by atoms with E-state index in [4.69, 9.17) is 16.2 Å². The molecule has 0 saturated carbocycles. The zero-order chi connectivity index (χ0) is 11.4. The maximum absolute atomic E-state index is 10.8. The molecule has 1 rings (SSSR count). The maximum atomic E-state index is 10.8. The van der Waals surface area contributed by atoms with Crippen molar-refractivity contribution in [1.29, 1.82) is 0 Å². The fraction of sp³-hybridized carbons (Fsp3) is 0.364. The lowest BCUT2D eigenvalue weighted by Gasteiger charge is -2.12. The Bertz CT molecular complexity index is 333. The molecule has 82 valence electrons. The van der Waals surface area contributed by atoms with Crippen LogP contribution in [0.3, 0.4) is 0 Å². The van der Waals surface area contributed by atoms with Crippen LogP contribution in [0.1, 0.15) is 25.5 Å². The van der Waals surface area contributed by atoms with Crippen molar-refractivity contribution < 1.29 is 9.53 Å². The van der Waals surface area contributed by atoms with Crippen LogP contribution in [0.25, 0.3) is 0 Å². The second-order valence-corrected chi connectivity index (χ2v) is 3.52. The number of carbonyl (C=O) groups excluding carboxylic acids is 1. The van der Waals surface area contributed by atoms with Crippen LogP contribution in [-0.2, 0) is 4.79 Å². The largest absolute Gasteiger partial charge is 0.481 e. The molecule has 1 aromatic carbocycles. The number of nitrogens with two attached hydrogens (primary N) is 2. The average molecular weight is 208 g/mol. The highest BCUT2D eigenvalue weighted by Gasteiger charge is 2.09. The highest BCUT2D eigenvalue weighted by atomic mass is 16.5. The van der Waals surface area contributed by atoms with Crippen LogP contribution in [-0.4, -0.2) is 12.0 Å². The summed E-state index contributed by atoms with van der Waals surface area (Å²) in [6, 6.07) is 7.28. The molecule has 1 unspecified atom stereocenters. The quantitative estimate of drug-likeness (QED) is 0.773. The van der Waals surface area contributed by atoms with Crippen LogP contribution in [0.15, 0.2) is 24.3 Å². The third kappa shape index (κ3) is 3.25. The molecule has 0 aromatic heterocycles. The predicted octanol–water partition coefficient (Wildman–Crippen LogP) is 0.959. The molecular weight excluding hydrogens is 192 g/mol. The van der Waals surface area contributed by atoms with E-state index in [9.17, 15) is 4.79 Å². The van der Waals surface area contributed by atoms with E-state index in [-0.39, 0.29) is 6.04 Å². The van der Waals surface area contributed by atoms with Crippen molar-refractivity contribution in [3.8, 4) is 5.75 Å². The van der Waals surface area contributed by atoms with Crippen LogP contribution in [0.5, 0.6) is 5.75 Å². The third-order valence-electron chi connectivity index (χ3n) is 2.12. The molecule has 2 atom stereocenters. The number of rotatable bonds is 4. The summed E-state index contributed by atoms with van der Waals surface area (Å²) >= 11 is 0. The van der Waals surface area contributed by atoms with Crippen molar-refractivity contribution >= 4 is 5.91 Å². The van der Waals surface area contributed by atoms with Gasteiger partial charge in [0, 0.05) is 6.04 Å². The minimum Gasteiger partial charge on any atom is -0.481 e. The van der Waals surface area contributed by atoms with Gasteiger partial charge >= 0.3 is 0 Å². The average Bonchev–Trinajstić information content (AvgIpc) is 2.18.